The summed E-state index contributed by atoms with van der Waals surface area (Å²) in [5.74, 6) is -0.320. The van der Waals surface area contributed by atoms with E-state index in [1.165, 1.54) is 12.1 Å². The molecule has 1 aromatic carbocycles. The van der Waals surface area contributed by atoms with Gasteiger partial charge in [-0.1, -0.05) is 12.1 Å². The summed E-state index contributed by atoms with van der Waals surface area (Å²) >= 11 is 4.99. The number of rotatable bonds is 1. The second-order valence-electron chi connectivity index (χ2n) is 4.88. The standard InChI is InChI=1S/C14H13FN2O2S/c1-7-6-10-11(13(18)17-14(20)16-10)12(19-7)8-2-4-9(15)5-3-8/h2-5,7,12H,6H2,1H3,(H2,16,17,18,20). The highest BCUT2D eigenvalue weighted by atomic mass is 32.1. The number of aromatic amines is 2. The third-order valence-electron chi connectivity index (χ3n) is 3.36. The monoisotopic (exact) mass is 292 g/mol. The van der Waals surface area contributed by atoms with Gasteiger partial charge in [-0.15, -0.1) is 0 Å². The minimum atomic E-state index is -0.509. The number of hydrogen-bond donors (Lipinski definition) is 2. The zero-order chi connectivity index (χ0) is 14.3. The molecule has 0 amide bonds. The molecule has 0 aliphatic carbocycles. The largest absolute Gasteiger partial charge is 0.365 e. The van der Waals surface area contributed by atoms with Gasteiger partial charge in [0.1, 0.15) is 11.9 Å². The Bertz CT molecular complexity index is 751. The first-order valence-corrected chi connectivity index (χ1v) is 6.71. The van der Waals surface area contributed by atoms with E-state index in [-0.39, 0.29) is 17.5 Å². The zero-order valence-corrected chi connectivity index (χ0v) is 11.6. The van der Waals surface area contributed by atoms with Gasteiger partial charge < -0.3 is 9.72 Å². The number of nitrogens with one attached hydrogen (secondary N) is 2. The molecule has 0 saturated heterocycles. The molecule has 0 radical (unpaired) electrons. The van der Waals surface area contributed by atoms with Crippen molar-refractivity contribution >= 4 is 12.2 Å². The van der Waals surface area contributed by atoms with E-state index in [0.29, 0.717) is 16.8 Å². The van der Waals surface area contributed by atoms with Crippen LogP contribution in [-0.4, -0.2) is 16.1 Å². The van der Waals surface area contributed by atoms with Crippen LogP contribution in [0.25, 0.3) is 0 Å². The van der Waals surface area contributed by atoms with E-state index >= 15 is 0 Å². The Morgan fingerprint density at radius 1 is 1.30 bits per heavy atom. The lowest BCUT2D eigenvalue weighted by Crippen LogP contribution is -2.32. The number of aromatic nitrogens is 2. The van der Waals surface area contributed by atoms with Crippen LogP contribution in [0.2, 0.25) is 0 Å². The Morgan fingerprint density at radius 2 is 2.00 bits per heavy atom. The van der Waals surface area contributed by atoms with Crippen LogP contribution in [0, 0.1) is 10.6 Å². The molecule has 3 rings (SSSR count). The molecule has 2 unspecified atom stereocenters. The molecule has 0 saturated carbocycles. The number of benzene rings is 1. The predicted octanol–water partition coefficient (Wildman–Crippen LogP) is 2.62. The maximum Gasteiger partial charge on any atom is 0.258 e. The maximum absolute atomic E-state index is 13.0. The van der Waals surface area contributed by atoms with Gasteiger partial charge in [-0.2, -0.15) is 0 Å². The highest BCUT2D eigenvalue weighted by molar-refractivity contribution is 7.71. The fourth-order valence-corrected chi connectivity index (χ4v) is 2.72. The topological polar surface area (TPSA) is 57.9 Å². The summed E-state index contributed by atoms with van der Waals surface area (Å²) in [6, 6.07) is 5.97. The van der Waals surface area contributed by atoms with Gasteiger partial charge in [0.2, 0.25) is 0 Å². The van der Waals surface area contributed by atoms with Crippen LogP contribution >= 0.6 is 12.2 Å². The third-order valence-corrected chi connectivity index (χ3v) is 3.56. The molecule has 2 heterocycles. The fraction of sp³-hybridized carbons (Fsp3) is 0.286. The molecule has 2 N–H and O–H groups in total. The average molecular weight is 292 g/mol. The van der Waals surface area contributed by atoms with E-state index in [9.17, 15) is 9.18 Å². The van der Waals surface area contributed by atoms with Gasteiger partial charge >= 0.3 is 0 Å². The summed E-state index contributed by atoms with van der Waals surface area (Å²) in [6.07, 6.45) is 0.0376. The van der Waals surface area contributed by atoms with Crippen molar-refractivity contribution in [3.8, 4) is 0 Å². The van der Waals surface area contributed by atoms with Crippen molar-refractivity contribution in [3.05, 3.63) is 62.0 Å². The molecule has 0 bridgehead atoms. The Hall–Kier alpha value is -1.79. The fourth-order valence-electron chi connectivity index (χ4n) is 2.50. The van der Waals surface area contributed by atoms with Crippen molar-refractivity contribution in [2.45, 2.75) is 25.6 Å². The smallest absolute Gasteiger partial charge is 0.258 e. The van der Waals surface area contributed by atoms with Crippen LogP contribution in [0.15, 0.2) is 29.1 Å². The molecule has 104 valence electrons. The molecule has 1 aliphatic rings. The van der Waals surface area contributed by atoms with Crippen LogP contribution in [0.3, 0.4) is 0 Å². The molecule has 4 nitrogen and oxygen atoms in total. The van der Waals surface area contributed by atoms with Crippen molar-refractivity contribution < 1.29 is 9.13 Å². The van der Waals surface area contributed by atoms with Crippen molar-refractivity contribution in [2.75, 3.05) is 0 Å². The summed E-state index contributed by atoms with van der Waals surface area (Å²) in [5, 5.41) is 0. The van der Waals surface area contributed by atoms with E-state index in [1.807, 2.05) is 6.92 Å². The molecular weight excluding hydrogens is 279 g/mol. The summed E-state index contributed by atoms with van der Waals surface area (Å²) in [5.41, 5.74) is 1.79. The lowest BCUT2D eigenvalue weighted by atomic mass is 9.95. The maximum atomic E-state index is 13.0. The summed E-state index contributed by atoms with van der Waals surface area (Å²) in [7, 11) is 0. The number of hydrogen-bond acceptors (Lipinski definition) is 3. The average Bonchev–Trinajstić information content (AvgIpc) is 2.37. The number of ether oxygens (including phenoxy) is 1. The summed E-state index contributed by atoms with van der Waals surface area (Å²) in [4.78, 5) is 17.7. The van der Waals surface area contributed by atoms with Gasteiger partial charge in [-0.25, -0.2) is 4.39 Å². The van der Waals surface area contributed by atoms with Crippen molar-refractivity contribution in [1.29, 1.82) is 0 Å². The highest BCUT2D eigenvalue weighted by Gasteiger charge is 2.29. The van der Waals surface area contributed by atoms with Gasteiger partial charge in [-0.05, 0) is 36.8 Å². The zero-order valence-electron chi connectivity index (χ0n) is 10.8. The first-order valence-electron chi connectivity index (χ1n) is 6.31. The normalized spacial score (nSPS) is 21.5. The van der Waals surface area contributed by atoms with Crippen LogP contribution in [0.1, 0.15) is 29.8 Å². The summed E-state index contributed by atoms with van der Waals surface area (Å²) < 4.78 is 19.2. The minimum absolute atomic E-state index is 0.0509. The Labute approximate surface area is 119 Å². The summed E-state index contributed by atoms with van der Waals surface area (Å²) in [6.45, 7) is 1.93. The van der Waals surface area contributed by atoms with Crippen molar-refractivity contribution in [1.82, 2.24) is 9.97 Å². The molecule has 1 aromatic heterocycles. The first kappa shape index (κ1) is 13.2. The van der Waals surface area contributed by atoms with Gasteiger partial charge in [0, 0.05) is 12.1 Å². The first-order chi connectivity index (χ1) is 9.54. The van der Waals surface area contributed by atoms with Gasteiger partial charge in [-0.3, -0.25) is 9.78 Å². The van der Waals surface area contributed by atoms with Gasteiger partial charge in [0.25, 0.3) is 5.56 Å². The molecule has 0 spiro atoms. The van der Waals surface area contributed by atoms with E-state index in [2.05, 4.69) is 9.97 Å². The molecular formula is C14H13FN2O2S. The lowest BCUT2D eigenvalue weighted by molar-refractivity contribution is 0.00491. The van der Waals surface area contributed by atoms with Crippen molar-refractivity contribution in [3.63, 3.8) is 0 Å². The molecule has 2 aromatic rings. The molecule has 20 heavy (non-hydrogen) atoms. The van der Waals surface area contributed by atoms with E-state index in [4.69, 9.17) is 17.0 Å². The Morgan fingerprint density at radius 3 is 2.70 bits per heavy atom. The second-order valence-corrected chi connectivity index (χ2v) is 5.29. The number of fused-ring (bicyclic) bond motifs is 1. The molecule has 1 aliphatic heterocycles. The van der Waals surface area contributed by atoms with E-state index < -0.39 is 6.10 Å². The Balaban J connectivity index is 2.17. The van der Waals surface area contributed by atoms with Crippen LogP contribution < -0.4 is 5.56 Å². The highest BCUT2D eigenvalue weighted by Crippen LogP contribution is 2.32. The van der Waals surface area contributed by atoms with Crippen molar-refractivity contribution in [2.24, 2.45) is 0 Å². The van der Waals surface area contributed by atoms with E-state index in [1.54, 1.807) is 12.1 Å². The van der Waals surface area contributed by atoms with Gasteiger partial charge in [0.15, 0.2) is 4.77 Å². The second kappa shape index (κ2) is 4.96. The molecule has 0 fully saturated rings. The minimum Gasteiger partial charge on any atom is -0.365 e. The van der Waals surface area contributed by atoms with Gasteiger partial charge in [0.05, 0.1) is 11.7 Å². The van der Waals surface area contributed by atoms with Crippen LogP contribution in [-0.2, 0) is 11.2 Å². The third kappa shape index (κ3) is 2.32. The van der Waals surface area contributed by atoms with Crippen LogP contribution in [0.4, 0.5) is 4.39 Å². The number of halogens is 1. The predicted molar refractivity (Wildman–Crippen MR) is 74.7 cm³/mol. The van der Waals surface area contributed by atoms with E-state index in [0.717, 1.165) is 11.3 Å². The number of H-pyrrole nitrogens is 2. The quantitative estimate of drug-likeness (QED) is 0.794. The van der Waals surface area contributed by atoms with Crippen LogP contribution in [0.5, 0.6) is 0 Å². The molecule has 2 atom stereocenters. The SMILES string of the molecule is CC1Cc2[nH]c(=S)[nH]c(=O)c2C(c2ccc(F)cc2)O1. The lowest BCUT2D eigenvalue weighted by Gasteiger charge is -2.29. The molecule has 6 heteroatoms. The Kier molecular flexibility index (Phi) is 3.27.